The van der Waals surface area contributed by atoms with Crippen LogP contribution in [-0.2, 0) is 6.42 Å². The van der Waals surface area contributed by atoms with E-state index in [9.17, 15) is 0 Å². The minimum Gasteiger partial charge on any atom is -0.452 e. The number of nitrogens with zero attached hydrogens (tertiary/aromatic N) is 1. The van der Waals surface area contributed by atoms with Gasteiger partial charge in [-0.05, 0) is 174 Å². The van der Waals surface area contributed by atoms with Crippen LogP contribution in [0.4, 0.5) is 17.1 Å². The summed E-state index contributed by atoms with van der Waals surface area (Å²) in [7, 11) is 0. The van der Waals surface area contributed by atoms with Crippen LogP contribution in [0.15, 0.2) is 200 Å². The molecule has 0 amide bonds. The average molecular weight is 888 g/mol. The van der Waals surface area contributed by atoms with Crippen molar-refractivity contribution >= 4 is 22.6 Å². The minimum atomic E-state index is 0.345. The van der Waals surface area contributed by atoms with Crippen molar-refractivity contribution in [3.05, 3.63) is 250 Å². The molecule has 11 rings (SSSR count). The number of ether oxygens (including phenoxy) is 1. The molecule has 0 bridgehead atoms. The van der Waals surface area contributed by atoms with Gasteiger partial charge in [0.25, 0.3) is 0 Å². The largest absolute Gasteiger partial charge is 0.452 e. The first kappa shape index (κ1) is 44.9. The maximum Gasteiger partial charge on any atom is 0.159 e. The maximum atomic E-state index is 6.92. The lowest BCUT2D eigenvalue weighted by Crippen LogP contribution is -2.21. The van der Waals surface area contributed by atoms with E-state index in [1.165, 1.54) is 105 Å². The molecule has 3 unspecified atom stereocenters. The molecule has 3 aliphatic carbocycles. The maximum absolute atomic E-state index is 6.92. The van der Waals surface area contributed by atoms with E-state index in [-0.39, 0.29) is 0 Å². The van der Waals surface area contributed by atoms with Gasteiger partial charge in [-0.2, -0.15) is 0 Å². The fraction of sp³-hybridized carbons (Fsp3) is 0.242. The zero-order valence-electron chi connectivity index (χ0n) is 40.5. The summed E-state index contributed by atoms with van der Waals surface area (Å²) < 4.78 is 6.92. The Morgan fingerprint density at radius 3 is 2.06 bits per heavy atom. The molecule has 7 aromatic rings. The number of hydrogen-bond donors (Lipinski definition) is 0. The van der Waals surface area contributed by atoms with E-state index in [1.807, 2.05) is 12.2 Å². The molecule has 0 N–H and O–H groups in total. The van der Waals surface area contributed by atoms with E-state index in [1.54, 1.807) is 11.1 Å². The monoisotopic (exact) mass is 888 g/mol. The molecule has 2 fully saturated rings. The van der Waals surface area contributed by atoms with Crippen molar-refractivity contribution in [2.75, 3.05) is 4.90 Å². The first-order valence-electron chi connectivity index (χ1n) is 25.2. The van der Waals surface area contributed by atoms with Crippen LogP contribution in [0.2, 0.25) is 0 Å². The summed E-state index contributed by atoms with van der Waals surface area (Å²) in [6.45, 7) is 17.0. The topological polar surface area (TPSA) is 12.5 Å². The third kappa shape index (κ3) is 8.40. The number of fused-ring (bicyclic) bond motifs is 6. The zero-order chi connectivity index (χ0) is 46.7. The SMILES string of the molecule is C=C/C=C(\C=C)C(CC)c1ccccc1C1CCC1.Cc1ccc2c(c1C)-c1c(ccc3c1Oc1ccccc1N3c1ccccc1)CC2C(C)c1ccc(C(=C2CCC2)c2ccccc2)cc1. The predicted octanol–water partition coefficient (Wildman–Crippen LogP) is 18.7. The molecule has 7 aromatic carbocycles. The fourth-order valence-corrected chi connectivity index (χ4v) is 11.4. The quantitative estimate of drug-likeness (QED) is 0.120. The van der Waals surface area contributed by atoms with Crippen LogP contribution in [-0.4, -0.2) is 0 Å². The smallest absolute Gasteiger partial charge is 0.159 e. The first-order chi connectivity index (χ1) is 33.4. The summed E-state index contributed by atoms with van der Waals surface area (Å²) >= 11 is 0. The zero-order valence-corrected chi connectivity index (χ0v) is 40.5. The molecule has 0 radical (unpaired) electrons. The number of rotatable bonds is 11. The van der Waals surface area contributed by atoms with E-state index < -0.39 is 0 Å². The van der Waals surface area contributed by atoms with Gasteiger partial charge in [-0.3, -0.25) is 0 Å². The van der Waals surface area contributed by atoms with E-state index in [4.69, 9.17) is 4.74 Å². The summed E-state index contributed by atoms with van der Waals surface area (Å²) in [5.74, 6) is 3.78. The van der Waals surface area contributed by atoms with Crippen LogP contribution in [0.25, 0.3) is 16.7 Å². The molecule has 4 aliphatic rings. The molecule has 0 spiro atoms. The van der Waals surface area contributed by atoms with E-state index in [2.05, 4.69) is 210 Å². The summed E-state index contributed by atoms with van der Waals surface area (Å²) in [4.78, 5) is 2.36. The molecular formula is C66H65NO. The van der Waals surface area contributed by atoms with Crippen LogP contribution in [0, 0.1) is 13.8 Å². The summed E-state index contributed by atoms with van der Waals surface area (Å²) in [5.41, 5.74) is 22.8. The van der Waals surface area contributed by atoms with Crippen molar-refractivity contribution in [1.82, 2.24) is 0 Å². The van der Waals surface area contributed by atoms with E-state index in [0.29, 0.717) is 17.8 Å². The van der Waals surface area contributed by atoms with Gasteiger partial charge in [0.05, 0.1) is 11.4 Å². The number of allylic oxidation sites excluding steroid dienone is 5. The van der Waals surface area contributed by atoms with E-state index in [0.717, 1.165) is 47.3 Å². The number of hydrogen-bond acceptors (Lipinski definition) is 2. The fourth-order valence-electron chi connectivity index (χ4n) is 11.4. The molecule has 1 heterocycles. The summed E-state index contributed by atoms with van der Waals surface area (Å²) in [5, 5.41) is 0. The summed E-state index contributed by atoms with van der Waals surface area (Å²) in [6, 6.07) is 57.9. The van der Waals surface area contributed by atoms with E-state index >= 15 is 0 Å². The number of benzene rings is 7. The third-order valence-corrected chi connectivity index (χ3v) is 15.6. The Hall–Kier alpha value is -6.90. The lowest BCUT2D eigenvalue weighted by molar-refractivity contribution is 0.416. The third-order valence-electron chi connectivity index (χ3n) is 15.6. The van der Waals surface area contributed by atoms with Gasteiger partial charge in [-0.1, -0.05) is 185 Å². The molecule has 2 heteroatoms. The molecule has 3 atom stereocenters. The van der Waals surface area contributed by atoms with Crippen LogP contribution < -0.4 is 9.64 Å². The molecule has 340 valence electrons. The Morgan fingerprint density at radius 1 is 0.691 bits per heavy atom. The van der Waals surface area contributed by atoms with Crippen LogP contribution >= 0.6 is 0 Å². The summed E-state index contributed by atoms with van der Waals surface area (Å²) in [6.07, 6.45) is 15.8. The predicted molar refractivity (Wildman–Crippen MR) is 288 cm³/mol. The van der Waals surface area contributed by atoms with Gasteiger partial charge in [0.1, 0.15) is 0 Å². The second-order valence-electron chi connectivity index (χ2n) is 19.4. The Labute approximate surface area is 406 Å². The highest BCUT2D eigenvalue weighted by molar-refractivity contribution is 5.95. The van der Waals surface area contributed by atoms with Gasteiger partial charge in [0, 0.05) is 17.2 Å². The molecule has 2 nitrogen and oxygen atoms in total. The van der Waals surface area contributed by atoms with Gasteiger partial charge in [0.2, 0.25) is 0 Å². The molecule has 68 heavy (non-hydrogen) atoms. The molecule has 2 saturated carbocycles. The average Bonchev–Trinajstić information content (AvgIpc) is 3.35. The van der Waals surface area contributed by atoms with Crippen molar-refractivity contribution in [1.29, 1.82) is 0 Å². The number of anilines is 3. The highest BCUT2D eigenvalue weighted by atomic mass is 16.5. The van der Waals surface area contributed by atoms with Crippen LogP contribution in [0.1, 0.15) is 133 Å². The van der Waals surface area contributed by atoms with Gasteiger partial charge < -0.3 is 9.64 Å². The van der Waals surface area contributed by atoms with Gasteiger partial charge in [-0.15, -0.1) is 0 Å². The van der Waals surface area contributed by atoms with Gasteiger partial charge in [-0.25, -0.2) is 0 Å². The number of aryl methyl sites for hydroxylation is 1. The first-order valence-corrected chi connectivity index (χ1v) is 25.2. The minimum absolute atomic E-state index is 0.345. The lowest BCUT2D eigenvalue weighted by Gasteiger charge is -2.38. The Bertz CT molecular complexity index is 3010. The molecule has 0 aromatic heterocycles. The van der Waals surface area contributed by atoms with Crippen molar-refractivity contribution in [3.8, 4) is 22.6 Å². The van der Waals surface area contributed by atoms with Gasteiger partial charge >= 0.3 is 0 Å². The molecule has 0 saturated heterocycles. The Balaban J connectivity index is 0.000000239. The van der Waals surface area contributed by atoms with Crippen molar-refractivity contribution in [2.45, 2.75) is 103 Å². The van der Waals surface area contributed by atoms with Crippen LogP contribution in [0.5, 0.6) is 11.5 Å². The van der Waals surface area contributed by atoms with Crippen molar-refractivity contribution in [3.63, 3.8) is 0 Å². The standard InChI is InChI=1S/C47H41NO.C19H24/c1-30-21-27-39-40(32(3)33-22-24-36(25-23-33)45(35-15-12-16-35)34-13-6-4-7-14-34)29-37-26-28-42-47(46(37)44(39)31(30)2)49-43-20-11-10-19-41(43)48(42)38-17-8-5-9-18-38;1-4-10-15(5-2)17(6-3)19-14-8-7-13-18(19)16-11-9-12-16/h4-11,13-14,17-28,32,40H,12,15-16,29H2,1-3H3;4-5,7-8,10,13-14,16-17H,1-2,6,9,11-12H2,3H3/b;15-10+. The second-order valence-corrected chi connectivity index (χ2v) is 19.4. The molecular weight excluding hydrogens is 823 g/mol. The Morgan fingerprint density at radius 2 is 1.38 bits per heavy atom. The van der Waals surface area contributed by atoms with Gasteiger partial charge in [0.15, 0.2) is 11.5 Å². The van der Waals surface area contributed by atoms with Crippen molar-refractivity contribution < 1.29 is 4.74 Å². The lowest BCUT2D eigenvalue weighted by atomic mass is 9.70. The molecule has 1 aliphatic heterocycles. The second kappa shape index (κ2) is 19.7. The highest BCUT2D eigenvalue weighted by Gasteiger charge is 2.37. The van der Waals surface area contributed by atoms with Crippen LogP contribution in [0.3, 0.4) is 0 Å². The van der Waals surface area contributed by atoms with Crippen molar-refractivity contribution in [2.24, 2.45) is 0 Å². The number of para-hydroxylation sites is 3. The highest BCUT2D eigenvalue weighted by Crippen LogP contribution is 2.58. The Kier molecular flexibility index (Phi) is 13.0. The normalized spacial score (nSPS) is 16.7.